The van der Waals surface area contributed by atoms with E-state index in [0.29, 0.717) is 63.0 Å². The molecule has 0 saturated carbocycles. The van der Waals surface area contributed by atoms with Crippen molar-refractivity contribution in [2.24, 2.45) is 0 Å². The van der Waals surface area contributed by atoms with Crippen LogP contribution in [0, 0.1) is 0 Å². The molecule has 0 unspecified atom stereocenters. The molecule has 310 valence electrons. The van der Waals surface area contributed by atoms with Crippen molar-refractivity contribution in [3.05, 3.63) is 217 Å². The number of fused-ring (bicyclic) bond motifs is 4. The van der Waals surface area contributed by atoms with Gasteiger partial charge in [-0.1, -0.05) is 170 Å². The van der Waals surface area contributed by atoms with E-state index in [4.69, 9.17) is 29.9 Å². The van der Waals surface area contributed by atoms with Crippen LogP contribution < -0.4 is 4.90 Å². The lowest BCUT2D eigenvalue weighted by Gasteiger charge is -2.17. The number of rotatable bonds is 8. The van der Waals surface area contributed by atoms with Crippen LogP contribution in [0.1, 0.15) is 20.7 Å². The minimum absolute atomic E-state index is 0.269. The highest BCUT2D eigenvalue weighted by Crippen LogP contribution is 2.44. The van der Waals surface area contributed by atoms with Gasteiger partial charge >= 0.3 is 0 Å². The van der Waals surface area contributed by atoms with Crippen LogP contribution in [0.15, 0.2) is 206 Å². The summed E-state index contributed by atoms with van der Waals surface area (Å²) in [5.74, 6) is 2.05. The first-order chi connectivity index (χ1) is 32.6. The molecule has 0 bridgehead atoms. The second-order valence-electron chi connectivity index (χ2n) is 15.8. The van der Waals surface area contributed by atoms with E-state index < -0.39 is 11.8 Å². The number of imide groups is 1. The Morgan fingerprint density at radius 3 is 1.06 bits per heavy atom. The van der Waals surface area contributed by atoms with E-state index in [1.165, 1.54) is 4.90 Å². The summed E-state index contributed by atoms with van der Waals surface area (Å²) >= 11 is 0. The van der Waals surface area contributed by atoms with Crippen LogP contribution >= 0.6 is 0 Å². The molecule has 12 rings (SSSR count). The van der Waals surface area contributed by atoms with E-state index in [1.54, 1.807) is 18.2 Å². The zero-order valence-electron chi connectivity index (χ0n) is 35.0. The fraction of sp³-hybridized carbons (Fsp3) is 0. The maximum Gasteiger partial charge on any atom is 0.268 e. The Balaban J connectivity index is 1.19. The van der Waals surface area contributed by atoms with Crippen molar-refractivity contribution in [2.75, 3.05) is 4.90 Å². The van der Waals surface area contributed by atoms with Crippen LogP contribution in [0.4, 0.5) is 5.69 Å². The van der Waals surface area contributed by atoms with Crippen LogP contribution in [0.25, 0.3) is 95.8 Å². The number of hydrogen-bond acceptors (Lipinski definition) is 8. The predicted molar refractivity (Wildman–Crippen MR) is 258 cm³/mol. The smallest absolute Gasteiger partial charge is 0.268 e. The minimum Gasteiger partial charge on any atom is -0.307 e. The van der Waals surface area contributed by atoms with Crippen molar-refractivity contribution in [3.8, 4) is 74.0 Å². The first kappa shape index (κ1) is 38.4. The molecular weight excluding hydrogens is 817 g/mol. The molecule has 1 aliphatic heterocycles. The van der Waals surface area contributed by atoms with Crippen molar-refractivity contribution < 1.29 is 9.59 Å². The molecule has 0 saturated heterocycles. The summed E-state index contributed by atoms with van der Waals surface area (Å²) in [4.78, 5) is 61.2. The molecule has 66 heavy (non-hydrogen) atoms. The van der Waals surface area contributed by atoms with Gasteiger partial charge in [-0.05, 0) is 36.4 Å². The van der Waals surface area contributed by atoms with Crippen LogP contribution in [0.3, 0.4) is 0 Å². The molecule has 8 aromatic carbocycles. The topological polar surface area (TPSA) is 120 Å². The summed E-state index contributed by atoms with van der Waals surface area (Å²) in [6.07, 6.45) is 0. The van der Waals surface area contributed by atoms with Gasteiger partial charge in [0.1, 0.15) is 0 Å². The van der Waals surface area contributed by atoms with Gasteiger partial charge in [0, 0.05) is 44.2 Å². The Kier molecular flexibility index (Phi) is 9.20. The molecule has 0 aliphatic carbocycles. The highest BCUT2D eigenvalue weighted by molar-refractivity contribution is 6.36. The lowest BCUT2D eigenvalue weighted by Crippen LogP contribution is -2.29. The van der Waals surface area contributed by atoms with Crippen molar-refractivity contribution in [1.29, 1.82) is 0 Å². The Hall–Kier alpha value is -9.28. The number of carbonyl (C=O) groups is 2. The summed E-state index contributed by atoms with van der Waals surface area (Å²) in [5.41, 5.74) is 7.69. The van der Waals surface area contributed by atoms with Gasteiger partial charge < -0.3 is 4.57 Å². The number of nitrogens with zero attached hydrogens (tertiary/aromatic N) is 8. The number of hydrogen-bond donors (Lipinski definition) is 0. The number of aromatic nitrogens is 7. The van der Waals surface area contributed by atoms with Gasteiger partial charge in [0.15, 0.2) is 34.9 Å². The maximum atomic E-state index is 14.9. The average molecular weight is 851 g/mol. The minimum atomic E-state index is -0.433. The molecule has 0 atom stereocenters. The van der Waals surface area contributed by atoms with Crippen molar-refractivity contribution in [1.82, 2.24) is 34.5 Å². The fourth-order valence-electron chi connectivity index (χ4n) is 8.84. The van der Waals surface area contributed by atoms with Gasteiger partial charge in [-0.15, -0.1) is 0 Å². The second-order valence-corrected chi connectivity index (χ2v) is 15.8. The quantitative estimate of drug-likeness (QED) is 0.139. The Morgan fingerprint density at radius 1 is 0.303 bits per heavy atom. The van der Waals surface area contributed by atoms with E-state index in [0.717, 1.165) is 44.1 Å². The second kappa shape index (κ2) is 15.8. The largest absolute Gasteiger partial charge is 0.307 e. The Morgan fingerprint density at radius 2 is 0.652 bits per heavy atom. The normalized spacial score (nSPS) is 12.3. The number of amides is 2. The summed E-state index contributed by atoms with van der Waals surface area (Å²) < 4.78 is 2.07. The van der Waals surface area contributed by atoms with Crippen molar-refractivity contribution in [3.63, 3.8) is 0 Å². The zero-order valence-corrected chi connectivity index (χ0v) is 35.0. The van der Waals surface area contributed by atoms with E-state index in [9.17, 15) is 9.59 Å². The molecule has 0 radical (unpaired) electrons. The highest BCUT2D eigenvalue weighted by Gasteiger charge is 2.40. The Bertz CT molecular complexity index is 3380. The van der Waals surface area contributed by atoms with Crippen LogP contribution in [0.2, 0.25) is 0 Å². The van der Waals surface area contributed by atoms with Gasteiger partial charge in [0.25, 0.3) is 11.8 Å². The summed E-state index contributed by atoms with van der Waals surface area (Å²) in [6.45, 7) is 0. The molecule has 11 aromatic rings. The van der Waals surface area contributed by atoms with E-state index >= 15 is 0 Å². The van der Waals surface area contributed by atoms with Crippen LogP contribution in [-0.2, 0) is 0 Å². The van der Waals surface area contributed by atoms with Crippen molar-refractivity contribution >= 4 is 39.3 Å². The molecule has 0 spiro atoms. The fourth-order valence-corrected chi connectivity index (χ4v) is 8.84. The molecule has 0 N–H and O–H groups in total. The third kappa shape index (κ3) is 6.43. The maximum absolute atomic E-state index is 14.9. The van der Waals surface area contributed by atoms with Gasteiger partial charge in [-0.25, -0.2) is 34.8 Å². The third-order valence-corrected chi connectivity index (χ3v) is 11.8. The summed E-state index contributed by atoms with van der Waals surface area (Å²) in [5, 5.41) is 1.73. The van der Waals surface area contributed by atoms with Crippen molar-refractivity contribution in [2.45, 2.75) is 0 Å². The first-order valence-corrected chi connectivity index (χ1v) is 21.5. The predicted octanol–water partition coefficient (Wildman–Crippen LogP) is 12.0. The number of anilines is 1. The summed E-state index contributed by atoms with van der Waals surface area (Å²) in [6, 6.07) is 65.9. The third-order valence-electron chi connectivity index (χ3n) is 11.8. The lowest BCUT2D eigenvalue weighted by molar-refractivity contribution is 0.0926. The lowest BCUT2D eigenvalue weighted by atomic mass is 10.1. The average Bonchev–Trinajstić information content (AvgIpc) is 3.87. The van der Waals surface area contributed by atoms with Gasteiger partial charge in [0.05, 0.1) is 33.5 Å². The molecule has 10 nitrogen and oxygen atoms in total. The molecule has 10 heteroatoms. The SMILES string of the molecule is O=C1c2cccc(-n3c4c(-c5nc(-c6ccccc6)nc(-c6ccccc6)n5)cccc4c4cccc(-c5nc(-c6ccccc6)nc(-c6ccccc6)n5)c43)c2C(=O)N1c1ccccc1. The van der Waals surface area contributed by atoms with Gasteiger partial charge in [0.2, 0.25) is 0 Å². The molecule has 4 heterocycles. The van der Waals surface area contributed by atoms with Gasteiger partial charge in [-0.2, -0.15) is 0 Å². The Labute approximate surface area is 378 Å². The van der Waals surface area contributed by atoms with Crippen LogP contribution in [0.5, 0.6) is 0 Å². The van der Waals surface area contributed by atoms with Crippen LogP contribution in [-0.4, -0.2) is 46.3 Å². The van der Waals surface area contributed by atoms with E-state index in [1.807, 2.05) is 176 Å². The number of benzene rings is 8. The molecular formula is C56H34N8O2. The highest BCUT2D eigenvalue weighted by atomic mass is 16.2. The monoisotopic (exact) mass is 850 g/mol. The molecule has 0 fully saturated rings. The molecule has 1 aliphatic rings. The standard InChI is InChI=1S/C56H34N8O2/c65-55-42-31-18-34-45(46(42)56(66)63(55)39-27-14-5-15-28-39)64-47-40(29-16-32-43(47)53-59-49(35-19-6-1-7-20-35)57-50(60-53)36-21-8-2-9-22-36)41-30-17-33-44(48(41)64)54-61-51(37-23-10-3-11-24-37)58-52(62-54)38-25-12-4-13-26-38/h1-34H. The zero-order chi connectivity index (χ0) is 44.1. The number of carbonyl (C=O) groups excluding carboxylic acids is 2. The number of para-hydroxylation sites is 3. The van der Waals surface area contributed by atoms with E-state index in [-0.39, 0.29) is 5.56 Å². The van der Waals surface area contributed by atoms with Gasteiger partial charge in [-0.3, -0.25) is 9.59 Å². The molecule has 3 aromatic heterocycles. The first-order valence-electron chi connectivity index (χ1n) is 21.5. The van der Waals surface area contributed by atoms with E-state index in [2.05, 4.69) is 16.7 Å². The molecule has 2 amide bonds. The summed E-state index contributed by atoms with van der Waals surface area (Å²) in [7, 11) is 0.